The number of ether oxygens (including phenoxy) is 1. The Labute approximate surface area is 138 Å². The molecule has 1 aromatic rings. The molecule has 0 saturated heterocycles. The molecule has 0 aliphatic rings. The molecule has 0 heterocycles. The summed E-state index contributed by atoms with van der Waals surface area (Å²) in [6, 6.07) is 7.05. The summed E-state index contributed by atoms with van der Waals surface area (Å²) in [5.74, 6) is 0.809. The summed E-state index contributed by atoms with van der Waals surface area (Å²) in [5, 5.41) is 0. The van der Waals surface area contributed by atoms with Crippen molar-refractivity contribution in [1.82, 2.24) is 4.90 Å². The second-order valence-electron chi connectivity index (χ2n) is 5.12. The third-order valence-corrected chi connectivity index (χ3v) is 3.46. The minimum atomic E-state index is 0. The Kier molecular flexibility index (Phi) is 9.45. The van der Waals surface area contributed by atoms with Gasteiger partial charge in [-0.3, -0.25) is 9.59 Å². The van der Waals surface area contributed by atoms with Gasteiger partial charge < -0.3 is 15.4 Å². The molecule has 0 radical (unpaired) electrons. The Bertz CT molecular complexity index is 477. The molecule has 124 valence electrons. The highest BCUT2D eigenvalue weighted by Gasteiger charge is 2.13. The summed E-state index contributed by atoms with van der Waals surface area (Å²) in [4.78, 5) is 24.7. The second-order valence-corrected chi connectivity index (χ2v) is 5.12. The number of benzene rings is 1. The number of halogens is 1. The molecule has 1 amide bonds. The van der Waals surface area contributed by atoms with E-state index in [1.54, 1.807) is 36.2 Å². The van der Waals surface area contributed by atoms with Crippen molar-refractivity contribution in [2.24, 2.45) is 5.73 Å². The van der Waals surface area contributed by atoms with Crippen LogP contribution in [0.5, 0.6) is 5.75 Å². The lowest BCUT2D eigenvalue weighted by atomic mass is 10.1. The number of nitrogens with zero attached hydrogens (tertiary/aromatic N) is 1. The third-order valence-electron chi connectivity index (χ3n) is 3.46. The lowest BCUT2D eigenvalue weighted by Gasteiger charge is -2.23. The van der Waals surface area contributed by atoms with Crippen molar-refractivity contribution in [3.8, 4) is 5.75 Å². The standard InChI is InChI=1S/C16H24N2O3.ClH/c1-12(11-17)18(3)16(20)5-4-10-21-15-8-6-14(7-9-15)13(2)19;/h6-9,12H,4-5,10-11,17H2,1-3H3;1H. The molecule has 0 bridgehead atoms. The van der Waals surface area contributed by atoms with Crippen molar-refractivity contribution in [2.45, 2.75) is 32.7 Å². The van der Waals surface area contributed by atoms with Crippen LogP contribution in [-0.2, 0) is 4.79 Å². The first-order chi connectivity index (χ1) is 9.95. The monoisotopic (exact) mass is 328 g/mol. The van der Waals surface area contributed by atoms with Gasteiger partial charge in [-0.05, 0) is 44.5 Å². The van der Waals surface area contributed by atoms with Crippen molar-refractivity contribution < 1.29 is 14.3 Å². The van der Waals surface area contributed by atoms with Gasteiger partial charge in [0.25, 0.3) is 0 Å². The van der Waals surface area contributed by atoms with Crippen LogP contribution in [0.15, 0.2) is 24.3 Å². The van der Waals surface area contributed by atoms with Gasteiger partial charge in [0.1, 0.15) is 5.75 Å². The summed E-state index contributed by atoms with van der Waals surface area (Å²) in [5.41, 5.74) is 6.19. The molecule has 6 heteroatoms. The highest BCUT2D eigenvalue weighted by atomic mass is 35.5. The van der Waals surface area contributed by atoms with Crippen molar-refractivity contribution in [3.63, 3.8) is 0 Å². The van der Waals surface area contributed by atoms with E-state index in [-0.39, 0.29) is 30.1 Å². The number of Topliss-reactive ketones (excluding diaryl/α,β-unsaturated/α-hetero) is 1. The van der Waals surface area contributed by atoms with Crippen molar-refractivity contribution in [2.75, 3.05) is 20.2 Å². The molecule has 1 unspecified atom stereocenters. The molecule has 22 heavy (non-hydrogen) atoms. The highest BCUT2D eigenvalue weighted by molar-refractivity contribution is 5.94. The average Bonchev–Trinajstić information content (AvgIpc) is 2.50. The van der Waals surface area contributed by atoms with Gasteiger partial charge in [0.15, 0.2) is 5.78 Å². The fourth-order valence-corrected chi connectivity index (χ4v) is 1.78. The number of nitrogens with two attached hydrogens (primary N) is 1. The number of amides is 1. The zero-order valence-corrected chi connectivity index (χ0v) is 14.2. The molecular weight excluding hydrogens is 304 g/mol. The number of rotatable bonds is 8. The summed E-state index contributed by atoms with van der Waals surface area (Å²) in [6.45, 7) is 4.38. The molecule has 0 aromatic heterocycles. The van der Waals surface area contributed by atoms with E-state index in [0.29, 0.717) is 37.3 Å². The molecular formula is C16H25ClN2O3. The van der Waals surface area contributed by atoms with Gasteiger partial charge in [0.2, 0.25) is 5.91 Å². The average molecular weight is 329 g/mol. The number of ketones is 1. The number of carbonyl (C=O) groups is 2. The maximum absolute atomic E-state index is 11.9. The quantitative estimate of drug-likeness (QED) is 0.587. The third kappa shape index (κ3) is 6.45. The zero-order chi connectivity index (χ0) is 15.8. The zero-order valence-electron chi connectivity index (χ0n) is 13.4. The van der Waals surface area contributed by atoms with Gasteiger partial charge in [0, 0.05) is 31.6 Å². The fraction of sp³-hybridized carbons (Fsp3) is 0.500. The molecule has 2 N–H and O–H groups in total. The van der Waals surface area contributed by atoms with Crippen LogP contribution in [0.2, 0.25) is 0 Å². The second kappa shape index (κ2) is 10.2. The Morgan fingerprint density at radius 3 is 2.36 bits per heavy atom. The van der Waals surface area contributed by atoms with Gasteiger partial charge in [-0.2, -0.15) is 0 Å². The summed E-state index contributed by atoms with van der Waals surface area (Å²) < 4.78 is 5.55. The summed E-state index contributed by atoms with van der Waals surface area (Å²) >= 11 is 0. The first kappa shape index (κ1) is 20.4. The molecule has 1 aromatic carbocycles. The van der Waals surface area contributed by atoms with Crippen LogP contribution < -0.4 is 10.5 Å². The summed E-state index contributed by atoms with van der Waals surface area (Å²) in [6.07, 6.45) is 1.08. The van der Waals surface area contributed by atoms with E-state index in [9.17, 15) is 9.59 Å². The van der Waals surface area contributed by atoms with Gasteiger partial charge >= 0.3 is 0 Å². The lowest BCUT2D eigenvalue weighted by molar-refractivity contribution is -0.131. The van der Waals surface area contributed by atoms with Crippen molar-refractivity contribution >= 4 is 24.1 Å². The van der Waals surface area contributed by atoms with Crippen LogP contribution in [0.25, 0.3) is 0 Å². The molecule has 1 rings (SSSR count). The van der Waals surface area contributed by atoms with Gasteiger partial charge in [0.05, 0.1) is 6.61 Å². The number of hydrogen-bond acceptors (Lipinski definition) is 4. The number of hydrogen-bond donors (Lipinski definition) is 1. The Balaban J connectivity index is 0.00000441. The molecule has 0 aliphatic carbocycles. The first-order valence-corrected chi connectivity index (χ1v) is 7.15. The highest BCUT2D eigenvalue weighted by Crippen LogP contribution is 2.13. The molecule has 0 aliphatic heterocycles. The van der Waals surface area contributed by atoms with E-state index in [2.05, 4.69) is 0 Å². The largest absolute Gasteiger partial charge is 0.494 e. The van der Waals surface area contributed by atoms with Gasteiger partial charge in [-0.15, -0.1) is 12.4 Å². The minimum Gasteiger partial charge on any atom is -0.494 e. The molecule has 0 fully saturated rings. The van der Waals surface area contributed by atoms with Crippen LogP contribution in [-0.4, -0.2) is 42.8 Å². The maximum atomic E-state index is 11.9. The molecule has 0 saturated carbocycles. The van der Waals surface area contributed by atoms with E-state index in [1.165, 1.54) is 6.92 Å². The van der Waals surface area contributed by atoms with Crippen LogP contribution in [0.1, 0.15) is 37.0 Å². The van der Waals surface area contributed by atoms with E-state index in [4.69, 9.17) is 10.5 Å². The van der Waals surface area contributed by atoms with Gasteiger partial charge in [-0.25, -0.2) is 0 Å². The van der Waals surface area contributed by atoms with Crippen LogP contribution in [0.4, 0.5) is 0 Å². The minimum absolute atomic E-state index is 0. The van der Waals surface area contributed by atoms with E-state index < -0.39 is 0 Å². The Hall–Kier alpha value is -1.59. The van der Waals surface area contributed by atoms with E-state index in [1.807, 2.05) is 6.92 Å². The van der Waals surface area contributed by atoms with Crippen molar-refractivity contribution in [3.05, 3.63) is 29.8 Å². The van der Waals surface area contributed by atoms with E-state index in [0.717, 1.165) is 0 Å². The number of carbonyl (C=O) groups excluding carboxylic acids is 2. The lowest BCUT2D eigenvalue weighted by Crippen LogP contribution is -2.39. The van der Waals surface area contributed by atoms with Crippen LogP contribution in [0.3, 0.4) is 0 Å². The molecule has 1 atom stereocenters. The Morgan fingerprint density at radius 2 is 1.86 bits per heavy atom. The topological polar surface area (TPSA) is 72.6 Å². The summed E-state index contributed by atoms with van der Waals surface area (Å²) in [7, 11) is 1.77. The van der Waals surface area contributed by atoms with Crippen LogP contribution in [0, 0.1) is 0 Å². The van der Waals surface area contributed by atoms with Gasteiger partial charge in [-0.1, -0.05) is 0 Å². The van der Waals surface area contributed by atoms with E-state index >= 15 is 0 Å². The first-order valence-electron chi connectivity index (χ1n) is 7.15. The molecule has 0 spiro atoms. The predicted molar refractivity (Wildman–Crippen MR) is 89.7 cm³/mol. The van der Waals surface area contributed by atoms with Crippen LogP contribution >= 0.6 is 12.4 Å². The predicted octanol–water partition coefficient (Wildman–Crippen LogP) is 2.28. The Morgan fingerprint density at radius 1 is 1.27 bits per heavy atom. The fourth-order valence-electron chi connectivity index (χ4n) is 1.78. The SMILES string of the molecule is CC(=O)c1ccc(OCCCC(=O)N(C)C(C)CN)cc1.Cl. The number of likely N-dealkylation sites (N-methyl/N-ethyl adjacent to an activating group) is 1. The van der Waals surface area contributed by atoms with Crippen molar-refractivity contribution in [1.29, 1.82) is 0 Å². The smallest absolute Gasteiger partial charge is 0.222 e. The molecule has 5 nitrogen and oxygen atoms in total. The normalized spacial score (nSPS) is 11.3. The maximum Gasteiger partial charge on any atom is 0.222 e.